The fourth-order valence-electron chi connectivity index (χ4n) is 1.38. The summed E-state index contributed by atoms with van der Waals surface area (Å²) in [5.41, 5.74) is 0.985. The van der Waals surface area contributed by atoms with Crippen molar-refractivity contribution in [3.8, 4) is 0 Å². The molecule has 17 heavy (non-hydrogen) atoms. The number of aromatic nitrogens is 1. The molecule has 1 rings (SSSR count). The molecule has 3 nitrogen and oxygen atoms in total. The molecule has 0 aliphatic carbocycles. The number of hydrogen-bond acceptors (Lipinski definition) is 5. The van der Waals surface area contributed by atoms with Crippen LogP contribution in [0.4, 0.5) is 0 Å². The SMILES string of the molecule is CC(C)c1nc(CS(=O)(=O)C(C)C)sc1CS. The van der Waals surface area contributed by atoms with Crippen molar-refractivity contribution in [3.63, 3.8) is 0 Å². The van der Waals surface area contributed by atoms with Crippen LogP contribution in [0.5, 0.6) is 0 Å². The number of nitrogens with zero attached hydrogens (tertiary/aromatic N) is 1. The highest BCUT2D eigenvalue weighted by Crippen LogP contribution is 2.28. The Bertz CT molecular complexity index is 475. The van der Waals surface area contributed by atoms with Crippen molar-refractivity contribution >= 4 is 33.8 Å². The summed E-state index contributed by atoms with van der Waals surface area (Å²) in [6, 6.07) is 0. The van der Waals surface area contributed by atoms with Crippen LogP contribution in [-0.2, 0) is 21.3 Å². The fourth-order valence-corrected chi connectivity index (χ4v) is 4.08. The van der Waals surface area contributed by atoms with E-state index in [0.717, 1.165) is 10.6 Å². The summed E-state index contributed by atoms with van der Waals surface area (Å²) in [5, 5.41) is 0.333. The molecule has 0 aliphatic heterocycles. The predicted molar refractivity (Wildman–Crippen MR) is 76.7 cm³/mol. The van der Waals surface area contributed by atoms with Crippen LogP contribution in [0.3, 0.4) is 0 Å². The molecule has 0 aromatic carbocycles. The van der Waals surface area contributed by atoms with Gasteiger partial charge >= 0.3 is 0 Å². The van der Waals surface area contributed by atoms with E-state index in [0.29, 0.717) is 16.7 Å². The summed E-state index contributed by atoms with van der Waals surface area (Å²) in [7, 11) is -3.07. The quantitative estimate of drug-likeness (QED) is 0.849. The molecule has 0 saturated heterocycles. The Morgan fingerprint density at radius 3 is 2.24 bits per heavy atom. The van der Waals surface area contributed by atoms with E-state index >= 15 is 0 Å². The van der Waals surface area contributed by atoms with Gasteiger partial charge in [-0.05, 0) is 19.8 Å². The van der Waals surface area contributed by atoms with Gasteiger partial charge in [-0.2, -0.15) is 12.6 Å². The van der Waals surface area contributed by atoms with Crippen LogP contribution < -0.4 is 0 Å². The Labute approximate surface area is 113 Å². The van der Waals surface area contributed by atoms with E-state index in [-0.39, 0.29) is 11.0 Å². The van der Waals surface area contributed by atoms with E-state index in [1.807, 2.05) is 0 Å². The summed E-state index contributed by atoms with van der Waals surface area (Å²) in [6.07, 6.45) is 0. The number of thiazole rings is 1. The molecule has 1 heterocycles. The molecule has 0 saturated carbocycles. The van der Waals surface area contributed by atoms with Crippen LogP contribution in [0.2, 0.25) is 0 Å². The average Bonchev–Trinajstić information content (AvgIpc) is 2.60. The minimum atomic E-state index is -3.07. The molecular formula is C11H19NO2S3. The highest BCUT2D eigenvalue weighted by Gasteiger charge is 2.21. The Morgan fingerprint density at radius 1 is 1.29 bits per heavy atom. The van der Waals surface area contributed by atoms with Gasteiger partial charge in [-0.3, -0.25) is 0 Å². The first kappa shape index (κ1) is 15.0. The van der Waals surface area contributed by atoms with Crippen LogP contribution in [0.1, 0.15) is 49.2 Å². The first-order valence-electron chi connectivity index (χ1n) is 5.58. The van der Waals surface area contributed by atoms with Crippen molar-refractivity contribution in [2.75, 3.05) is 0 Å². The maximum absolute atomic E-state index is 11.8. The number of sulfone groups is 1. The molecule has 0 fully saturated rings. The molecule has 0 spiro atoms. The van der Waals surface area contributed by atoms with Crippen LogP contribution in [0, 0.1) is 0 Å². The highest BCUT2D eigenvalue weighted by atomic mass is 32.2. The van der Waals surface area contributed by atoms with Crippen LogP contribution in [0.25, 0.3) is 0 Å². The van der Waals surface area contributed by atoms with Crippen molar-refractivity contribution in [1.29, 1.82) is 0 Å². The van der Waals surface area contributed by atoms with Crippen LogP contribution in [0.15, 0.2) is 0 Å². The normalized spacial score (nSPS) is 12.6. The molecule has 1 aromatic rings. The van der Waals surface area contributed by atoms with Gasteiger partial charge in [0, 0.05) is 10.6 Å². The third-order valence-corrected chi connectivity index (χ3v) is 6.40. The Kier molecular flexibility index (Phi) is 5.04. The molecule has 0 atom stereocenters. The van der Waals surface area contributed by atoms with Crippen molar-refractivity contribution in [1.82, 2.24) is 4.98 Å². The monoisotopic (exact) mass is 293 g/mol. The third-order valence-electron chi connectivity index (χ3n) is 2.51. The first-order chi connectivity index (χ1) is 7.77. The van der Waals surface area contributed by atoms with E-state index in [1.165, 1.54) is 11.3 Å². The predicted octanol–water partition coefficient (Wildman–Crippen LogP) is 3.02. The molecule has 0 N–H and O–H groups in total. The molecule has 0 radical (unpaired) electrons. The molecule has 6 heteroatoms. The second kappa shape index (κ2) is 5.71. The molecule has 0 bridgehead atoms. The lowest BCUT2D eigenvalue weighted by atomic mass is 10.1. The van der Waals surface area contributed by atoms with E-state index in [1.54, 1.807) is 13.8 Å². The fraction of sp³-hybridized carbons (Fsp3) is 0.727. The minimum Gasteiger partial charge on any atom is -0.245 e. The van der Waals surface area contributed by atoms with Gasteiger partial charge in [-0.1, -0.05) is 13.8 Å². The second-order valence-electron chi connectivity index (χ2n) is 4.58. The number of rotatable bonds is 5. The number of thiol groups is 1. The van der Waals surface area contributed by atoms with Crippen molar-refractivity contribution in [2.24, 2.45) is 0 Å². The lowest BCUT2D eigenvalue weighted by Crippen LogP contribution is -2.15. The largest absolute Gasteiger partial charge is 0.245 e. The summed E-state index contributed by atoms with van der Waals surface area (Å²) < 4.78 is 23.7. The third kappa shape index (κ3) is 3.69. The van der Waals surface area contributed by atoms with Gasteiger partial charge in [0.15, 0.2) is 9.84 Å². The zero-order valence-electron chi connectivity index (χ0n) is 10.6. The zero-order valence-corrected chi connectivity index (χ0v) is 13.1. The Morgan fingerprint density at radius 2 is 1.88 bits per heavy atom. The highest BCUT2D eigenvalue weighted by molar-refractivity contribution is 7.91. The van der Waals surface area contributed by atoms with Gasteiger partial charge in [0.1, 0.15) is 10.8 Å². The molecule has 98 valence electrons. The van der Waals surface area contributed by atoms with E-state index in [4.69, 9.17) is 0 Å². The zero-order chi connectivity index (χ0) is 13.2. The lowest BCUT2D eigenvalue weighted by molar-refractivity contribution is 0.586. The van der Waals surface area contributed by atoms with Crippen molar-refractivity contribution in [2.45, 2.75) is 50.4 Å². The second-order valence-corrected chi connectivity index (χ2v) is 8.63. The van der Waals surface area contributed by atoms with E-state index < -0.39 is 9.84 Å². The summed E-state index contributed by atoms with van der Waals surface area (Å²) in [6.45, 7) is 7.52. The smallest absolute Gasteiger partial charge is 0.159 e. The van der Waals surface area contributed by atoms with Crippen LogP contribution >= 0.6 is 24.0 Å². The topological polar surface area (TPSA) is 47.0 Å². The molecular weight excluding hydrogens is 274 g/mol. The number of hydrogen-bond donors (Lipinski definition) is 1. The van der Waals surface area contributed by atoms with Crippen LogP contribution in [-0.4, -0.2) is 18.7 Å². The standard InChI is InChI=1S/C11H19NO2S3/c1-7(2)11-9(5-15)16-10(12-11)6-17(13,14)8(3)4/h7-8,15H,5-6H2,1-4H3. The Hall–Kier alpha value is -0.0700. The maximum Gasteiger partial charge on any atom is 0.159 e. The van der Waals surface area contributed by atoms with Gasteiger partial charge in [-0.15, -0.1) is 11.3 Å². The van der Waals surface area contributed by atoms with E-state index in [2.05, 4.69) is 31.5 Å². The molecule has 0 aliphatic rings. The van der Waals surface area contributed by atoms with Crippen molar-refractivity contribution < 1.29 is 8.42 Å². The Balaban J connectivity index is 3.02. The molecule has 0 unspecified atom stereocenters. The van der Waals surface area contributed by atoms with Gasteiger partial charge < -0.3 is 0 Å². The maximum atomic E-state index is 11.8. The van der Waals surface area contributed by atoms with Gasteiger partial charge in [0.05, 0.1) is 10.9 Å². The van der Waals surface area contributed by atoms with E-state index in [9.17, 15) is 8.42 Å². The minimum absolute atomic E-state index is 0.0445. The molecule has 1 aromatic heterocycles. The lowest BCUT2D eigenvalue weighted by Gasteiger charge is -2.04. The molecule has 0 amide bonds. The van der Waals surface area contributed by atoms with Gasteiger partial charge in [0.25, 0.3) is 0 Å². The summed E-state index contributed by atoms with van der Waals surface area (Å²) >= 11 is 5.73. The van der Waals surface area contributed by atoms with Crippen molar-refractivity contribution in [3.05, 3.63) is 15.6 Å². The van der Waals surface area contributed by atoms with Gasteiger partial charge in [0.2, 0.25) is 0 Å². The summed E-state index contributed by atoms with van der Waals surface area (Å²) in [4.78, 5) is 5.52. The average molecular weight is 293 g/mol. The van der Waals surface area contributed by atoms with Gasteiger partial charge in [-0.25, -0.2) is 13.4 Å². The first-order valence-corrected chi connectivity index (χ1v) is 8.75. The summed E-state index contributed by atoms with van der Waals surface area (Å²) in [5.74, 6) is 0.972.